The fraction of sp³-hybridized carbons (Fsp3) is 0.222. The Morgan fingerprint density at radius 2 is 2.00 bits per heavy atom. The van der Waals surface area contributed by atoms with E-state index in [1.807, 2.05) is 36.4 Å². The molecule has 3 aromatic rings. The van der Waals surface area contributed by atoms with Crippen LogP contribution in [0.3, 0.4) is 0 Å². The quantitative estimate of drug-likeness (QED) is 0.804. The van der Waals surface area contributed by atoms with Crippen molar-refractivity contribution in [1.82, 2.24) is 9.55 Å². The van der Waals surface area contributed by atoms with Crippen molar-refractivity contribution >= 4 is 10.9 Å². The molecule has 1 unspecified atom stereocenters. The SMILES string of the molecule is COc1cccc(C(O)Cn2c(C)nc3ccccc3c2=O)c1. The summed E-state index contributed by atoms with van der Waals surface area (Å²) in [7, 11) is 1.58. The third kappa shape index (κ3) is 2.96. The van der Waals surface area contributed by atoms with Crippen molar-refractivity contribution in [2.75, 3.05) is 7.11 Å². The maximum Gasteiger partial charge on any atom is 0.261 e. The lowest BCUT2D eigenvalue weighted by molar-refractivity contribution is 0.153. The Morgan fingerprint density at radius 3 is 2.78 bits per heavy atom. The van der Waals surface area contributed by atoms with Gasteiger partial charge in [0.15, 0.2) is 0 Å². The molecule has 0 amide bonds. The minimum absolute atomic E-state index is 0.143. The van der Waals surface area contributed by atoms with Crippen LogP contribution < -0.4 is 10.3 Å². The second-order valence-corrected chi connectivity index (χ2v) is 5.38. The Kier molecular flexibility index (Phi) is 4.12. The first-order chi connectivity index (χ1) is 11.1. The van der Waals surface area contributed by atoms with E-state index in [0.29, 0.717) is 28.0 Å². The summed E-state index contributed by atoms with van der Waals surface area (Å²) in [6.45, 7) is 1.92. The van der Waals surface area contributed by atoms with Gasteiger partial charge in [-0.05, 0) is 36.8 Å². The molecule has 1 heterocycles. The summed E-state index contributed by atoms with van der Waals surface area (Å²) in [5.41, 5.74) is 1.22. The number of ether oxygens (including phenoxy) is 1. The smallest absolute Gasteiger partial charge is 0.261 e. The summed E-state index contributed by atoms with van der Waals surface area (Å²) in [5, 5.41) is 11.0. The van der Waals surface area contributed by atoms with Crippen LogP contribution >= 0.6 is 0 Å². The molecule has 1 aromatic heterocycles. The van der Waals surface area contributed by atoms with Gasteiger partial charge in [-0.3, -0.25) is 9.36 Å². The van der Waals surface area contributed by atoms with Gasteiger partial charge in [-0.25, -0.2) is 4.98 Å². The molecule has 1 N–H and O–H groups in total. The highest BCUT2D eigenvalue weighted by Gasteiger charge is 2.14. The van der Waals surface area contributed by atoms with Crippen LogP contribution in [0.25, 0.3) is 10.9 Å². The zero-order valence-corrected chi connectivity index (χ0v) is 13.1. The van der Waals surface area contributed by atoms with Crippen molar-refractivity contribution in [3.8, 4) is 5.75 Å². The van der Waals surface area contributed by atoms with Crippen LogP contribution in [-0.2, 0) is 6.54 Å². The topological polar surface area (TPSA) is 64.3 Å². The van der Waals surface area contributed by atoms with E-state index in [9.17, 15) is 9.90 Å². The first-order valence-corrected chi connectivity index (χ1v) is 7.38. The highest BCUT2D eigenvalue weighted by Crippen LogP contribution is 2.20. The van der Waals surface area contributed by atoms with Crippen LogP contribution in [0.15, 0.2) is 53.3 Å². The molecule has 0 saturated carbocycles. The summed E-state index contributed by atoms with van der Waals surface area (Å²) < 4.78 is 6.67. The Morgan fingerprint density at radius 1 is 1.22 bits per heavy atom. The molecule has 0 aliphatic carbocycles. The molecule has 0 bridgehead atoms. The number of para-hydroxylation sites is 1. The van der Waals surface area contributed by atoms with Gasteiger partial charge in [0.1, 0.15) is 11.6 Å². The molecule has 1 atom stereocenters. The molecule has 118 valence electrons. The minimum atomic E-state index is -0.815. The van der Waals surface area contributed by atoms with Crippen LogP contribution in [0.1, 0.15) is 17.5 Å². The average molecular weight is 310 g/mol. The molecule has 23 heavy (non-hydrogen) atoms. The standard InChI is InChI=1S/C18H18N2O3/c1-12-19-16-9-4-3-8-15(16)18(22)20(12)11-17(21)13-6-5-7-14(10-13)23-2/h3-10,17,21H,11H2,1-2H3. The summed E-state index contributed by atoms with van der Waals surface area (Å²) in [6.07, 6.45) is -0.815. The van der Waals surface area contributed by atoms with Gasteiger partial charge in [-0.15, -0.1) is 0 Å². The zero-order valence-electron chi connectivity index (χ0n) is 13.1. The monoisotopic (exact) mass is 310 g/mol. The van der Waals surface area contributed by atoms with Gasteiger partial charge < -0.3 is 9.84 Å². The lowest BCUT2D eigenvalue weighted by Gasteiger charge is -2.16. The van der Waals surface area contributed by atoms with Gasteiger partial charge in [0, 0.05) is 0 Å². The molecule has 3 rings (SSSR count). The van der Waals surface area contributed by atoms with E-state index in [1.54, 1.807) is 26.2 Å². The van der Waals surface area contributed by atoms with Crippen molar-refractivity contribution < 1.29 is 9.84 Å². The van der Waals surface area contributed by atoms with Gasteiger partial charge in [0.05, 0.1) is 30.7 Å². The summed E-state index contributed by atoms with van der Waals surface area (Å²) in [6, 6.07) is 14.4. The molecule has 0 saturated heterocycles. The molecule has 2 aromatic carbocycles. The molecule has 0 spiro atoms. The number of hydrogen-bond acceptors (Lipinski definition) is 4. The second kappa shape index (κ2) is 6.22. The largest absolute Gasteiger partial charge is 0.497 e. The molecule has 0 fully saturated rings. The number of rotatable bonds is 4. The Bertz CT molecular complexity index is 902. The maximum absolute atomic E-state index is 12.6. The third-order valence-corrected chi connectivity index (χ3v) is 3.89. The number of aromatic nitrogens is 2. The number of hydrogen-bond donors (Lipinski definition) is 1. The lowest BCUT2D eigenvalue weighted by Crippen LogP contribution is -2.26. The molecular weight excluding hydrogens is 292 g/mol. The Labute approximate surface area is 133 Å². The van der Waals surface area contributed by atoms with E-state index < -0.39 is 6.10 Å². The lowest BCUT2D eigenvalue weighted by atomic mass is 10.1. The van der Waals surface area contributed by atoms with Gasteiger partial charge >= 0.3 is 0 Å². The van der Waals surface area contributed by atoms with Crippen molar-refractivity contribution in [3.63, 3.8) is 0 Å². The van der Waals surface area contributed by atoms with Crippen LogP contribution in [0, 0.1) is 6.92 Å². The van der Waals surface area contributed by atoms with Gasteiger partial charge in [0.2, 0.25) is 0 Å². The van der Waals surface area contributed by atoms with E-state index in [0.717, 1.165) is 0 Å². The average Bonchev–Trinajstić information content (AvgIpc) is 2.58. The van der Waals surface area contributed by atoms with E-state index in [4.69, 9.17) is 4.74 Å². The summed E-state index contributed by atoms with van der Waals surface area (Å²) >= 11 is 0. The third-order valence-electron chi connectivity index (χ3n) is 3.89. The number of benzene rings is 2. The van der Waals surface area contributed by atoms with Crippen molar-refractivity contribution in [1.29, 1.82) is 0 Å². The van der Waals surface area contributed by atoms with Crippen LogP contribution in [0.4, 0.5) is 0 Å². The summed E-state index contributed by atoms with van der Waals surface area (Å²) in [5.74, 6) is 1.25. The highest BCUT2D eigenvalue weighted by atomic mass is 16.5. The number of aliphatic hydroxyl groups is 1. The predicted molar refractivity (Wildman–Crippen MR) is 88.7 cm³/mol. The first kappa shape index (κ1) is 15.2. The van der Waals surface area contributed by atoms with Crippen molar-refractivity contribution in [2.45, 2.75) is 19.6 Å². The van der Waals surface area contributed by atoms with Gasteiger partial charge in [-0.1, -0.05) is 24.3 Å². The predicted octanol–water partition coefficient (Wildman–Crippen LogP) is 2.45. The summed E-state index contributed by atoms with van der Waals surface area (Å²) in [4.78, 5) is 17.1. The molecule has 5 nitrogen and oxygen atoms in total. The molecular formula is C18H18N2O3. The van der Waals surface area contributed by atoms with Crippen molar-refractivity contribution in [3.05, 3.63) is 70.3 Å². The van der Waals surface area contributed by atoms with E-state index >= 15 is 0 Å². The maximum atomic E-state index is 12.6. The van der Waals surface area contributed by atoms with E-state index in [1.165, 1.54) is 4.57 Å². The van der Waals surface area contributed by atoms with Gasteiger partial charge in [-0.2, -0.15) is 0 Å². The van der Waals surface area contributed by atoms with Crippen LogP contribution in [0.2, 0.25) is 0 Å². The van der Waals surface area contributed by atoms with Crippen LogP contribution in [-0.4, -0.2) is 21.8 Å². The Hall–Kier alpha value is -2.66. The number of aryl methyl sites for hydroxylation is 1. The highest BCUT2D eigenvalue weighted by molar-refractivity contribution is 5.77. The van der Waals surface area contributed by atoms with E-state index in [2.05, 4.69) is 4.98 Å². The molecule has 0 radical (unpaired) electrons. The zero-order chi connectivity index (χ0) is 16.4. The number of methoxy groups -OCH3 is 1. The van der Waals surface area contributed by atoms with Gasteiger partial charge in [0.25, 0.3) is 5.56 Å². The Balaban J connectivity index is 1.99. The number of fused-ring (bicyclic) bond motifs is 1. The minimum Gasteiger partial charge on any atom is -0.497 e. The normalized spacial score (nSPS) is 12.3. The van der Waals surface area contributed by atoms with Crippen LogP contribution in [0.5, 0.6) is 5.75 Å². The second-order valence-electron chi connectivity index (χ2n) is 5.38. The fourth-order valence-electron chi connectivity index (χ4n) is 2.62. The number of aliphatic hydroxyl groups excluding tert-OH is 1. The van der Waals surface area contributed by atoms with Crippen molar-refractivity contribution in [2.24, 2.45) is 0 Å². The molecule has 5 heteroatoms. The fourth-order valence-corrected chi connectivity index (χ4v) is 2.62. The molecule has 0 aliphatic heterocycles. The van der Waals surface area contributed by atoms with E-state index in [-0.39, 0.29) is 12.1 Å². The molecule has 0 aliphatic rings. The first-order valence-electron chi connectivity index (χ1n) is 7.38. The number of nitrogens with zero attached hydrogens (tertiary/aromatic N) is 2.